The summed E-state index contributed by atoms with van der Waals surface area (Å²) in [6.45, 7) is 7.76. The highest BCUT2D eigenvalue weighted by atomic mass is 16.5. The smallest absolute Gasteiger partial charge is 0.0593 e. The van der Waals surface area contributed by atoms with Crippen LogP contribution in [0.15, 0.2) is 0 Å². The second-order valence-corrected chi connectivity index (χ2v) is 3.09. The quantitative estimate of drug-likeness (QED) is 0.440. The Bertz CT molecular complexity index is 157. The van der Waals surface area contributed by atoms with Crippen molar-refractivity contribution in [2.24, 2.45) is 0 Å². The van der Waals surface area contributed by atoms with Gasteiger partial charge < -0.3 is 9.64 Å². The van der Waals surface area contributed by atoms with Crippen molar-refractivity contribution in [3.63, 3.8) is 0 Å². The fourth-order valence-electron chi connectivity index (χ4n) is 0.950. The lowest BCUT2D eigenvalue weighted by atomic mass is 10.4. The van der Waals surface area contributed by atoms with Gasteiger partial charge in [-0.3, -0.25) is 0 Å². The van der Waals surface area contributed by atoms with E-state index in [9.17, 15) is 0 Å². The van der Waals surface area contributed by atoms with Crippen LogP contribution in [0.3, 0.4) is 0 Å². The summed E-state index contributed by atoms with van der Waals surface area (Å²) in [6, 6.07) is 0. The second-order valence-electron chi connectivity index (χ2n) is 3.09. The van der Waals surface area contributed by atoms with Crippen molar-refractivity contribution in [3.8, 4) is 11.8 Å². The van der Waals surface area contributed by atoms with E-state index in [0.29, 0.717) is 0 Å². The highest BCUT2D eigenvalue weighted by Crippen LogP contribution is 1.87. The summed E-state index contributed by atoms with van der Waals surface area (Å²) in [7, 11) is 2.10. The first-order chi connectivity index (χ1) is 6.31. The fraction of sp³-hybridized carbons (Fsp3) is 0.818. The van der Waals surface area contributed by atoms with Crippen molar-refractivity contribution in [2.75, 3.05) is 33.4 Å². The average Bonchev–Trinajstić information content (AvgIpc) is 2.13. The minimum Gasteiger partial charge on any atom is -0.380 e. The van der Waals surface area contributed by atoms with Crippen LogP contribution in [0.2, 0.25) is 0 Å². The molecule has 0 aliphatic carbocycles. The average molecular weight is 183 g/mol. The summed E-state index contributed by atoms with van der Waals surface area (Å²) in [6.07, 6.45) is 2.06. The van der Waals surface area contributed by atoms with Crippen LogP contribution in [0.5, 0.6) is 0 Å². The molecule has 0 aromatic carbocycles. The topological polar surface area (TPSA) is 12.5 Å². The van der Waals surface area contributed by atoms with E-state index >= 15 is 0 Å². The molecule has 0 rings (SSSR count). The van der Waals surface area contributed by atoms with Crippen LogP contribution >= 0.6 is 0 Å². The summed E-state index contributed by atoms with van der Waals surface area (Å²) in [5, 5.41) is 0. The molecular weight excluding hydrogens is 162 g/mol. The highest BCUT2D eigenvalue weighted by molar-refractivity contribution is 4.95. The SMILES string of the molecule is CC#CCCN(C)CCOCCC. The van der Waals surface area contributed by atoms with Crippen LogP contribution in [0, 0.1) is 11.8 Å². The van der Waals surface area contributed by atoms with Gasteiger partial charge in [0, 0.05) is 26.1 Å². The number of hydrogen-bond acceptors (Lipinski definition) is 2. The Morgan fingerprint density at radius 2 is 2.00 bits per heavy atom. The largest absolute Gasteiger partial charge is 0.380 e. The molecule has 0 N–H and O–H groups in total. The first-order valence-corrected chi connectivity index (χ1v) is 4.97. The first-order valence-electron chi connectivity index (χ1n) is 4.97. The number of nitrogens with zero attached hydrogens (tertiary/aromatic N) is 1. The van der Waals surface area contributed by atoms with Gasteiger partial charge in [0.25, 0.3) is 0 Å². The van der Waals surface area contributed by atoms with Crippen LogP contribution in [0.1, 0.15) is 26.7 Å². The zero-order valence-electron chi connectivity index (χ0n) is 9.10. The minimum absolute atomic E-state index is 0.837. The van der Waals surface area contributed by atoms with E-state index in [0.717, 1.165) is 39.1 Å². The standard InChI is InChI=1S/C11H21NO/c1-4-6-7-8-12(3)9-11-13-10-5-2/h5,7-11H2,1-3H3. The molecule has 2 nitrogen and oxygen atoms in total. The normalized spacial score (nSPS) is 9.85. The fourth-order valence-corrected chi connectivity index (χ4v) is 0.950. The molecule has 0 heterocycles. The predicted molar refractivity (Wildman–Crippen MR) is 56.7 cm³/mol. The van der Waals surface area contributed by atoms with E-state index in [1.165, 1.54) is 0 Å². The Balaban J connectivity index is 3.18. The van der Waals surface area contributed by atoms with E-state index in [1.54, 1.807) is 0 Å². The number of likely N-dealkylation sites (N-methyl/N-ethyl adjacent to an activating group) is 1. The van der Waals surface area contributed by atoms with Gasteiger partial charge in [0.05, 0.1) is 6.61 Å². The third-order valence-corrected chi connectivity index (χ3v) is 1.76. The van der Waals surface area contributed by atoms with E-state index in [2.05, 4.69) is 30.7 Å². The van der Waals surface area contributed by atoms with Crippen LogP contribution in [-0.2, 0) is 4.74 Å². The molecule has 0 aliphatic heterocycles. The monoisotopic (exact) mass is 183 g/mol. The van der Waals surface area contributed by atoms with Crippen LogP contribution in [0.25, 0.3) is 0 Å². The molecule has 0 atom stereocenters. The van der Waals surface area contributed by atoms with Gasteiger partial charge in [-0.2, -0.15) is 0 Å². The van der Waals surface area contributed by atoms with Gasteiger partial charge >= 0.3 is 0 Å². The summed E-state index contributed by atoms with van der Waals surface area (Å²) >= 11 is 0. The van der Waals surface area contributed by atoms with Gasteiger partial charge in [-0.1, -0.05) is 6.92 Å². The molecule has 0 bridgehead atoms. The second kappa shape index (κ2) is 9.57. The summed E-state index contributed by atoms with van der Waals surface area (Å²) in [5.41, 5.74) is 0. The molecule has 0 aliphatic rings. The van der Waals surface area contributed by atoms with Crippen molar-refractivity contribution in [3.05, 3.63) is 0 Å². The molecule has 0 saturated carbocycles. The first kappa shape index (κ1) is 12.5. The summed E-state index contributed by atoms with van der Waals surface area (Å²) < 4.78 is 5.38. The van der Waals surface area contributed by atoms with E-state index in [-0.39, 0.29) is 0 Å². The zero-order valence-corrected chi connectivity index (χ0v) is 9.10. The van der Waals surface area contributed by atoms with E-state index < -0.39 is 0 Å². The van der Waals surface area contributed by atoms with Crippen molar-refractivity contribution in [1.82, 2.24) is 4.90 Å². The summed E-state index contributed by atoms with van der Waals surface area (Å²) in [5.74, 6) is 5.94. The maximum Gasteiger partial charge on any atom is 0.0593 e. The molecule has 2 heteroatoms. The van der Waals surface area contributed by atoms with Gasteiger partial charge in [-0.15, -0.1) is 11.8 Å². The van der Waals surface area contributed by atoms with E-state index in [1.807, 2.05) is 6.92 Å². The Morgan fingerprint density at radius 3 is 2.62 bits per heavy atom. The minimum atomic E-state index is 0.837. The van der Waals surface area contributed by atoms with Crippen molar-refractivity contribution < 1.29 is 4.74 Å². The molecule has 0 unspecified atom stereocenters. The Morgan fingerprint density at radius 1 is 1.23 bits per heavy atom. The van der Waals surface area contributed by atoms with Gasteiger partial charge in [0.1, 0.15) is 0 Å². The third kappa shape index (κ3) is 9.39. The molecule has 0 radical (unpaired) electrons. The molecule has 0 fully saturated rings. The van der Waals surface area contributed by atoms with E-state index in [4.69, 9.17) is 4.74 Å². The van der Waals surface area contributed by atoms with Gasteiger partial charge in [0.15, 0.2) is 0 Å². The number of rotatable bonds is 7. The van der Waals surface area contributed by atoms with Crippen molar-refractivity contribution in [1.29, 1.82) is 0 Å². The number of ether oxygens (including phenoxy) is 1. The van der Waals surface area contributed by atoms with Gasteiger partial charge in [-0.05, 0) is 20.4 Å². The third-order valence-electron chi connectivity index (χ3n) is 1.76. The Kier molecular flexibility index (Phi) is 9.18. The Hall–Kier alpha value is -0.520. The van der Waals surface area contributed by atoms with Gasteiger partial charge in [0.2, 0.25) is 0 Å². The maximum atomic E-state index is 5.38. The van der Waals surface area contributed by atoms with Crippen LogP contribution in [0.4, 0.5) is 0 Å². The molecule has 76 valence electrons. The maximum absolute atomic E-state index is 5.38. The van der Waals surface area contributed by atoms with Crippen molar-refractivity contribution in [2.45, 2.75) is 26.7 Å². The molecular formula is C11H21NO. The molecule has 0 amide bonds. The lowest BCUT2D eigenvalue weighted by molar-refractivity contribution is 0.112. The lowest BCUT2D eigenvalue weighted by Gasteiger charge is -2.14. The summed E-state index contributed by atoms with van der Waals surface area (Å²) in [4.78, 5) is 2.25. The zero-order chi connectivity index (χ0) is 9.94. The lowest BCUT2D eigenvalue weighted by Crippen LogP contribution is -2.24. The molecule has 0 aromatic heterocycles. The molecule has 13 heavy (non-hydrogen) atoms. The predicted octanol–water partition coefficient (Wildman–Crippen LogP) is 1.76. The molecule has 0 spiro atoms. The number of hydrogen-bond donors (Lipinski definition) is 0. The van der Waals surface area contributed by atoms with Crippen molar-refractivity contribution >= 4 is 0 Å². The molecule has 0 saturated heterocycles. The highest BCUT2D eigenvalue weighted by Gasteiger charge is 1.95. The van der Waals surface area contributed by atoms with Crippen LogP contribution < -0.4 is 0 Å². The van der Waals surface area contributed by atoms with Gasteiger partial charge in [-0.25, -0.2) is 0 Å². The Labute approximate surface area is 82.3 Å². The molecule has 0 aromatic rings. The van der Waals surface area contributed by atoms with Crippen LogP contribution in [-0.4, -0.2) is 38.3 Å².